The molecule has 4 heteroatoms. The first-order valence-electron chi connectivity index (χ1n) is 6.32. The molecule has 1 amide bonds. The third kappa shape index (κ3) is 3.23. The van der Waals surface area contributed by atoms with Crippen molar-refractivity contribution in [3.63, 3.8) is 0 Å². The Labute approximate surface area is 108 Å². The maximum atomic E-state index is 11.9. The third-order valence-electron chi connectivity index (χ3n) is 3.28. The molecule has 1 heterocycles. The zero-order valence-electron chi connectivity index (χ0n) is 11.0. The van der Waals surface area contributed by atoms with E-state index >= 15 is 0 Å². The van der Waals surface area contributed by atoms with E-state index in [0.29, 0.717) is 19.1 Å². The number of hydrogen-bond donors (Lipinski definition) is 1. The molecule has 0 aliphatic carbocycles. The van der Waals surface area contributed by atoms with Crippen LogP contribution in [0.5, 0.6) is 5.75 Å². The van der Waals surface area contributed by atoms with Crippen molar-refractivity contribution in [1.29, 1.82) is 0 Å². The van der Waals surface area contributed by atoms with Crippen molar-refractivity contribution in [2.45, 2.75) is 19.4 Å². The molecule has 0 spiro atoms. The fourth-order valence-corrected chi connectivity index (χ4v) is 1.89. The van der Waals surface area contributed by atoms with Gasteiger partial charge >= 0.3 is 0 Å². The quantitative estimate of drug-likeness (QED) is 0.851. The van der Waals surface area contributed by atoms with Gasteiger partial charge in [-0.25, -0.2) is 0 Å². The molecule has 18 heavy (non-hydrogen) atoms. The summed E-state index contributed by atoms with van der Waals surface area (Å²) >= 11 is 0. The summed E-state index contributed by atoms with van der Waals surface area (Å²) in [6, 6.07) is 8.23. The predicted molar refractivity (Wildman–Crippen MR) is 70.7 cm³/mol. The van der Waals surface area contributed by atoms with Crippen LogP contribution in [0.2, 0.25) is 0 Å². The molecule has 1 N–H and O–H groups in total. The van der Waals surface area contributed by atoms with Crippen molar-refractivity contribution in [3.05, 3.63) is 29.8 Å². The number of likely N-dealkylation sites (N-methyl/N-ethyl adjacent to an activating group) is 1. The lowest BCUT2D eigenvalue weighted by molar-refractivity contribution is -0.133. The number of carbonyl (C=O) groups excluding carboxylic acids is 1. The third-order valence-corrected chi connectivity index (χ3v) is 3.28. The number of carbonyl (C=O) groups is 1. The van der Waals surface area contributed by atoms with Crippen molar-refractivity contribution >= 4 is 5.91 Å². The number of rotatable bonds is 5. The van der Waals surface area contributed by atoms with Crippen LogP contribution in [0.15, 0.2) is 24.3 Å². The maximum Gasteiger partial charge on any atom is 0.226 e. The van der Waals surface area contributed by atoms with Crippen molar-refractivity contribution in [2.75, 3.05) is 26.7 Å². The lowest BCUT2D eigenvalue weighted by atomic mass is 10.1. The largest absolute Gasteiger partial charge is 0.493 e. The van der Waals surface area contributed by atoms with E-state index in [1.165, 1.54) is 0 Å². The SMILES string of the molecule is Cc1cccc(OCCC(=O)N(C)C2CNC2)c1. The van der Waals surface area contributed by atoms with Crippen LogP contribution in [0.25, 0.3) is 0 Å². The highest BCUT2D eigenvalue weighted by atomic mass is 16.5. The Morgan fingerprint density at radius 1 is 1.50 bits per heavy atom. The van der Waals surface area contributed by atoms with Crippen molar-refractivity contribution in [1.82, 2.24) is 10.2 Å². The molecule has 0 radical (unpaired) electrons. The van der Waals surface area contributed by atoms with Gasteiger partial charge in [0.05, 0.1) is 19.1 Å². The van der Waals surface area contributed by atoms with Crippen LogP contribution in [0.4, 0.5) is 0 Å². The van der Waals surface area contributed by atoms with E-state index in [1.807, 2.05) is 43.1 Å². The normalized spacial score (nSPS) is 15.0. The van der Waals surface area contributed by atoms with Crippen LogP contribution in [0.1, 0.15) is 12.0 Å². The van der Waals surface area contributed by atoms with Gasteiger partial charge in [0.25, 0.3) is 0 Å². The Hall–Kier alpha value is -1.55. The Balaban J connectivity index is 1.73. The second-order valence-electron chi connectivity index (χ2n) is 4.73. The van der Waals surface area contributed by atoms with Crippen molar-refractivity contribution < 1.29 is 9.53 Å². The summed E-state index contributed by atoms with van der Waals surface area (Å²) in [5, 5.41) is 3.16. The number of nitrogens with one attached hydrogen (secondary N) is 1. The first-order valence-corrected chi connectivity index (χ1v) is 6.32. The molecule has 4 nitrogen and oxygen atoms in total. The number of ether oxygens (including phenoxy) is 1. The summed E-state index contributed by atoms with van der Waals surface area (Å²) in [7, 11) is 1.86. The summed E-state index contributed by atoms with van der Waals surface area (Å²) in [4.78, 5) is 13.7. The number of benzene rings is 1. The molecule has 98 valence electrons. The second-order valence-corrected chi connectivity index (χ2v) is 4.73. The minimum absolute atomic E-state index is 0.147. The smallest absolute Gasteiger partial charge is 0.226 e. The molecular formula is C14H20N2O2. The van der Waals surface area contributed by atoms with Crippen LogP contribution in [-0.2, 0) is 4.79 Å². The Bertz CT molecular complexity index is 416. The van der Waals surface area contributed by atoms with Gasteiger partial charge in [0.2, 0.25) is 5.91 Å². The van der Waals surface area contributed by atoms with Gasteiger partial charge in [0, 0.05) is 20.1 Å². The molecule has 1 aliphatic rings. The molecule has 2 rings (SSSR count). The minimum Gasteiger partial charge on any atom is -0.493 e. The topological polar surface area (TPSA) is 41.6 Å². The lowest BCUT2D eigenvalue weighted by Crippen LogP contribution is -2.57. The van der Waals surface area contributed by atoms with Crippen LogP contribution < -0.4 is 10.1 Å². The van der Waals surface area contributed by atoms with Gasteiger partial charge in [0.1, 0.15) is 5.75 Å². The molecule has 1 fully saturated rings. The average molecular weight is 248 g/mol. The molecular weight excluding hydrogens is 228 g/mol. The molecule has 0 unspecified atom stereocenters. The van der Waals surface area contributed by atoms with Crippen LogP contribution in [0.3, 0.4) is 0 Å². The second kappa shape index (κ2) is 5.87. The van der Waals surface area contributed by atoms with E-state index in [4.69, 9.17) is 4.74 Å². The van der Waals surface area contributed by atoms with Gasteiger partial charge in [-0.05, 0) is 24.6 Å². The molecule has 0 saturated carbocycles. The minimum atomic E-state index is 0.147. The standard InChI is InChI=1S/C14H20N2O2/c1-11-4-3-5-13(8-11)18-7-6-14(17)16(2)12-9-15-10-12/h3-5,8,12,15H,6-7,9-10H2,1-2H3. The van der Waals surface area contributed by atoms with E-state index < -0.39 is 0 Å². The van der Waals surface area contributed by atoms with Gasteiger partial charge in [-0.15, -0.1) is 0 Å². The lowest BCUT2D eigenvalue weighted by Gasteiger charge is -2.35. The van der Waals surface area contributed by atoms with Crippen molar-refractivity contribution in [2.24, 2.45) is 0 Å². The van der Waals surface area contributed by atoms with E-state index in [9.17, 15) is 4.79 Å². The maximum absolute atomic E-state index is 11.9. The summed E-state index contributed by atoms with van der Waals surface area (Å²) in [5.74, 6) is 0.977. The van der Waals surface area contributed by atoms with Gasteiger partial charge in [-0.1, -0.05) is 12.1 Å². The fourth-order valence-electron chi connectivity index (χ4n) is 1.89. The average Bonchev–Trinajstić information content (AvgIpc) is 2.26. The molecule has 0 aromatic heterocycles. The predicted octanol–water partition coefficient (Wildman–Crippen LogP) is 1.19. The Kier molecular flexibility index (Phi) is 4.20. The molecule has 1 saturated heterocycles. The fraction of sp³-hybridized carbons (Fsp3) is 0.500. The number of nitrogens with zero attached hydrogens (tertiary/aromatic N) is 1. The molecule has 0 atom stereocenters. The van der Waals surface area contributed by atoms with E-state index in [1.54, 1.807) is 0 Å². The number of hydrogen-bond acceptors (Lipinski definition) is 3. The van der Waals surface area contributed by atoms with Crippen molar-refractivity contribution in [3.8, 4) is 5.75 Å². The highest BCUT2D eigenvalue weighted by molar-refractivity contribution is 5.76. The van der Waals surface area contributed by atoms with Gasteiger partial charge in [0.15, 0.2) is 0 Å². The van der Waals surface area contributed by atoms with E-state index in [0.717, 1.165) is 24.4 Å². The summed E-state index contributed by atoms with van der Waals surface area (Å²) in [6.45, 7) is 4.27. The van der Waals surface area contributed by atoms with Gasteiger partial charge in [-0.2, -0.15) is 0 Å². The summed E-state index contributed by atoms with van der Waals surface area (Å²) in [5.41, 5.74) is 1.16. The first kappa shape index (κ1) is 12.9. The van der Waals surface area contributed by atoms with Crippen LogP contribution in [0, 0.1) is 6.92 Å². The summed E-state index contributed by atoms with van der Waals surface area (Å²) < 4.78 is 5.58. The van der Waals surface area contributed by atoms with Gasteiger partial charge < -0.3 is 15.0 Å². The molecule has 1 aliphatic heterocycles. The Morgan fingerprint density at radius 3 is 2.89 bits per heavy atom. The number of aryl methyl sites for hydroxylation is 1. The van der Waals surface area contributed by atoms with Crippen LogP contribution in [-0.4, -0.2) is 43.6 Å². The van der Waals surface area contributed by atoms with Crippen LogP contribution >= 0.6 is 0 Å². The van der Waals surface area contributed by atoms with E-state index in [2.05, 4.69) is 5.32 Å². The summed E-state index contributed by atoms with van der Waals surface area (Å²) in [6.07, 6.45) is 0.431. The highest BCUT2D eigenvalue weighted by Crippen LogP contribution is 2.13. The zero-order valence-corrected chi connectivity index (χ0v) is 11.0. The first-order chi connectivity index (χ1) is 8.66. The molecule has 1 aromatic rings. The molecule has 0 bridgehead atoms. The number of amides is 1. The zero-order chi connectivity index (χ0) is 13.0. The molecule has 1 aromatic carbocycles. The van der Waals surface area contributed by atoms with E-state index in [-0.39, 0.29) is 5.91 Å². The highest BCUT2D eigenvalue weighted by Gasteiger charge is 2.24. The van der Waals surface area contributed by atoms with Gasteiger partial charge in [-0.3, -0.25) is 4.79 Å². The Morgan fingerprint density at radius 2 is 2.28 bits per heavy atom. The monoisotopic (exact) mass is 248 g/mol.